The Morgan fingerprint density at radius 3 is 3.15 bits per heavy atom. The Hall–Kier alpha value is -1.68. The fourth-order valence-electron chi connectivity index (χ4n) is 1.24. The molecule has 0 amide bonds. The first-order valence-corrected chi connectivity index (χ1v) is 3.95. The van der Waals surface area contributed by atoms with Crippen molar-refractivity contribution < 1.29 is 4.79 Å². The molecule has 4 heteroatoms. The molecule has 13 heavy (non-hydrogen) atoms. The molecule has 1 aromatic carbocycles. The number of aromatic amines is 1. The van der Waals surface area contributed by atoms with Crippen molar-refractivity contribution in [3.63, 3.8) is 0 Å². The average molecular weight is 175 g/mol. The number of aromatic nitrogens is 2. The van der Waals surface area contributed by atoms with E-state index in [9.17, 15) is 4.79 Å². The van der Waals surface area contributed by atoms with E-state index < -0.39 is 6.04 Å². The standard InChI is InChI=1S/C9H9N3O/c10-7(4-13)6-1-2-8-9(3-6)12-5-11-8/h1-5,7H,10H2,(H,11,12). The lowest BCUT2D eigenvalue weighted by atomic mass is 10.1. The summed E-state index contributed by atoms with van der Waals surface area (Å²) >= 11 is 0. The van der Waals surface area contributed by atoms with Crippen molar-refractivity contribution >= 4 is 17.3 Å². The molecule has 0 spiro atoms. The van der Waals surface area contributed by atoms with Gasteiger partial charge in [0.2, 0.25) is 0 Å². The van der Waals surface area contributed by atoms with Crippen molar-refractivity contribution in [2.75, 3.05) is 0 Å². The van der Waals surface area contributed by atoms with Crippen LogP contribution in [-0.2, 0) is 4.79 Å². The summed E-state index contributed by atoms with van der Waals surface area (Å²) in [6, 6.07) is 4.93. The highest BCUT2D eigenvalue weighted by atomic mass is 16.1. The second-order valence-electron chi connectivity index (χ2n) is 2.84. The summed E-state index contributed by atoms with van der Waals surface area (Å²) in [5.74, 6) is 0. The van der Waals surface area contributed by atoms with Crippen LogP contribution < -0.4 is 5.73 Å². The van der Waals surface area contributed by atoms with Crippen molar-refractivity contribution in [3.05, 3.63) is 30.1 Å². The quantitative estimate of drug-likeness (QED) is 0.662. The maximum absolute atomic E-state index is 10.4. The second kappa shape index (κ2) is 2.99. The highest BCUT2D eigenvalue weighted by Crippen LogP contribution is 2.14. The van der Waals surface area contributed by atoms with Crippen LogP contribution >= 0.6 is 0 Å². The molecular weight excluding hydrogens is 166 g/mol. The average Bonchev–Trinajstić information content (AvgIpc) is 2.63. The number of nitrogens with two attached hydrogens (primary N) is 1. The van der Waals surface area contributed by atoms with Crippen LogP contribution in [0.1, 0.15) is 11.6 Å². The Kier molecular flexibility index (Phi) is 1.83. The smallest absolute Gasteiger partial charge is 0.141 e. The van der Waals surface area contributed by atoms with Crippen LogP contribution in [0.4, 0.5) is 0 Å². The molecule has 1 heterocycles. The first kappa shape index (κ1) is 7.94. The van der Waals surface area contributed by atoms with E-state index in [-0.39, 0.29) is 0 Å². The lowest BCUT2D eigenvalue weighted by molar-refractivity contribution is -0.109. The van der Waals surface area contributed by atoms with Gasteiger partial charge >= 0.3 is 0 Å². The summed E-state index contributed by atoms with van der Waals surface area (Å²) in [6.07, 6.45) is 2.33. The van der Waals surface area contributed by atoms with Crippen LogP contribution in [-0.4, -0.2) is 16.3 Å². The van der Waals surface area contributed by atoms with E-state index in [1.54, 1.807) is 6.33 Å². The van der Waals surface area contributed by atoms with E-state index in [1.165, 1.54) is 0 Å². The number of nitrogens with zero attached hydrogens (tertiary/aromatic N) is 1. The largest absolute Gasteiger partial charge is 0.345 e. The van der Waals surface area contributed by atoms with E-state index in [0.717, 1.165) is 22.9 Å². The summed E-state index contributed by atoms with van der Waals surface area (Å²) in [7, 11) is 0. The Balaban J connectivity index is 2.53. The molecule has 2 aromatic rings. The summed E-state index contributed by atoms with van der Waals surface area (Å²) in [6.45, 7) is 0. The van der Waals surface area contributed by atoms with Crippen LogP contribution in [0.2, 0.25) is 0 Å². The normalized spacial score (nSPS) is 13.0. The van der Waals surface area contributed by atoms with Gasteiger partial charge in [-0.25, -0.2) is 4.98 Å². The van der Waals surface area contributed by atoms with Gasteiger partial charge in [-0.3, -0.25) is 0 Å². The molecule has 3 N–H and O–H groups in total. The summed E-state index contributed by atoms with van der Waals surface area (Å²) in [5.41, 5.74) is 8.12. The van der Waals surface area contributed by atoms with Crippen LogP contribution in [0.5, 0.6) is 0 Å². The van der Waals surface area contributed by atoms with Gasteiger partial charge in [0.15, 0.2) is 0 Å². The zero-order chi connectivity index (χ0) is 9.26. The predicted molar refractivity (Wildman–Crippen MR) is 49.1 cm³/mol. The number of fused-ring (bicyclic) bond motifs is 1. The molecule has 0 aliphatic heterocycles. The number of aldehydes is 1. The van der Waals surface area contributed by atoms with Crippen molar-refractivity contribution in [1.29, 1.82) is 0 Å². The van der Waals surface area contributed by atoms with Gasteiger partial charge < -0.3 is 15.5 Å². The molecule has 0 saturated carbocycles. The monoisotopic (exact) mass is 175 g/mol. The van der Waals surface area contributed by atoms with Crippen molar-refractivity contribution in [1.82, 2.24) is 9.97 Å². The number of nitrogens with one attached hydrogen (secondary N) is 1. The molecule has 0 aliphatic carbocycles. The zero-order valence-corrected chi connectivity index (χ0v) is 6.90. The van der Waals surface area contributed by atoms with Crippen LogP contribution in [0, 0.1) is 0 Å². The third-order valence-corrected chi connectivity index (χ3v) is 1.98. The van der Waals surface area contributed by atoms with Crippen molar-refractivity contribution in [2.24, 2.45) is 5.73 Å². The first-order valence-electron chi connectivity index (χ1n) is 3.95. The molecule has 4 nitrogen and oxygen atoms in total. The topological polar surface area (TPSA) is 71.8 Å². The number of rotatable bonds is 2. The van der Waals surface area contributed by atoms with E-state index >= 15 is 0 Å². The minimum Gasteiger partial charge on any atom is -0.345 e. The molecule has 1 unspecified atom stereocenters. The zero-order valence-electron chi connectivity index (χ0n) is 6.90. The molecule has 0 fully saturated rings. The van der Waals surface area contributed by atoms with Gasteiger partial charge in [0.05, 0.1) is 23.4 Å². The fraction of sp³-hybridized carbons (Fsp3) is 0.111. The predicted octanol–water partition coefficient (Wildman–Crippen LogP) is 0.762. The summed E-state index contributed by atoms with van der Waals surface area (Å²) in [4.78, 5) is 17.4. The number of hydrogen-bond acceptors (Lipinski definition) is 3. The lowest BCUT2D eigenvalue weighted by Gasteiger charge is -2.02. The number of carbonyl (C=O) groups is 1. The van der Waals surface area contributed by atoms with Crippen LogP contribution in [0.3, 0.4) is 0 Å². The number of benzene rings is 1. The molecule has 0 radical (unpaired) electrons. The van der Waals surface area contributed by atoms with Gasteiger partial charge in [0, 0.05) is 0 Å². The minimum absolute atomic E-state index is 0.548. The molecule has 0 bridgehead atoms. The molecule has 0 aliphatic rings. The SMILES string of the molecule is NC(C=O)c1ccc2nc[nH]c2c1. The van der Waals surface area contributed by atoms with Gasteiger partial charge in [-0.1, -0.05) is 6.07 Å². The first-order chi connectivity index (χ1) is 6.31. The lowest BCUT2D eigenvalue weighted by Crippen LogP contribution is -2.10. The van der Waals surface area contributed by atoms with E-state index in [4.69, 9.17) is 5.73 Å². The van der Waals surface area contributed by atoms with Crippen molar-refractivity contribution in [2.45, 2.75) is 6.04 Å². The number of carbonyl (C=O) groups excluding carboxylic acids is 1. The molecule has 66 valence electrons. The Morgan fingerprint density at radius 1 is 1.54 bits per heavy atom. The van der Waals surface area contributed by atoms with E-state index in [2.05, 4.69) is 9.97 Å². The molecular formula is C9H9N3O. The maximum atomic E-state index is 10.4. The number of hydrogen-bond donors (Lipinski definition) is 2. The third kappa shape index (κ3) is 1.31. The Morgan fingerprint density at radius 2 is 2.38 bits per heavy atom. The van der Waals surface area contributed by atoms with Gasteiger partial charge in [0.1, 0.15) is 6.29 Å². The minimum atomic E-state index is -0.548. The van der Waals surface area contributed by atoms with Crippen molar-refractivity contribution in [3.8, 4) is 0 Å². The van der Waals surface area contributed by atoms with E-state index in [0.29, 0.717) is 0 Å². The molecule has 1 aromatic heterocycles. The van der Waals surface area contributed by atoms with Crippen LogP contribution in [0.25, 0.3) is 11.0 Å². The van der Waals surface area contributed by atoms with Crippen LogP contribution in [0.15, 0.2) is 24.5 Å². The number of imidazole rings is 1. The fourth-order valence-corrected chi connectivity index (χ4v) is 1.24. The number of H-pyrrole nitrogens is 1. The highest BCUT2D eigenvalue weighted by Gasteiger charge is 2.05. The molecule has 1 atom stereocenters. The van der Waals surface area contributed by atoms with E-state index in [1.807, 2.05) is 18.2 Å². The van der Waals surface area contributed by atoms with Gasteiger partial charge in [0.25, 0.3) is 0 Å². The third-order valence-electron chi connectivity index (χ3n) is 1.98. The summed E-state index contributed by atoms with van der Waals surface area (Å²) in [5, 5.41) is 0. The summed E-state index contributed by atoms with van der Waals surface area (Å²) < 4.78 is 0. The Labute approximate surface area is 74.8 Å². The van der Waals surface area contributed by atoms with Gasteiger partial charge in [-0.15, -0.1) is 0 Å². The Bertz CT molecular complexity index is 435. The highest BCUT2D eigenvalue weighted by molar-refractivity contribution is 5.76. The molecule has 0 saturated heterocycles. The maximum Gasteiger partial charge on any atom is 0.141 e. The van der Waals surface area contributed by atoms with Gasteiger partial charge in [-0.2, -0.15) is 0 Å². The van der Waals surface area contributed by atoms with Gasteiger partial charge in [-0.05, 0) is 17.7 Å². The molecule has 2 rings (SSSR count). The second-order valence-corrected chi connectivity index (χ2v) is 2.84.